The lowest BCUT2D eigenvalue weighted by Crippen LogP contribution is -2.55. The molecule has 47 heavy (non-hydrogen) atoms. The Kier molecular flexibility index (Phi) is 8.16. The number of carbonyl (C=O) groups excluding carboxylic acids is 1. The average Bonchev–Trinajstić information content (AvgIpc) is 3.30. The monoisotopic (exact) mass is 631 g/mol. The molecule has 1 amide bonds. The van der Waals surface area contributed by atoms with E-state index in [1.165, 1.54) is 5.39 Å². The summed E-state index contributed by atoms with van der Waals surface area (Å²) < 4.78 is 25.5. The molecule has 1 saturated heterocycles. The van der Waals surface area contributed by atoms with Crippen molar-refractivity contribution in [3.8, 4) is 34.6 Å². The number of pyridine rings is 3. The van der Waals surface area contributed by atoms with E-state index in [4.69, 9.17) is 18.9 Å². The van der Waals surface area contributed by atoms with Gasteiger partial charge in [0.05, 0.1) is 30.9 Å². The molecule has 2 aliphatic rings. The van der Waals surface area contributed by atoms with Crippen molar-refractivity contribution in [2.75, 3.05) is 19.7 Å². The Balaban J connectivity index is 0.836. The minimum Gasteiger partial charge on any atom is -0.489 e. The van der Waals surface area contributed by atoms with Crippen molar-refractivity contribution in [1.29, 1.82) is 0 Å². The number of hydrogen-bond donors (Lipinski definition) is 0. The van der Waals surface area contributed by atoms with E-state index >= 15 is 0 Å². The van der Waals surface area contributed by atoms with Gasteiger partial charge in [-0.15, -0.1) is 0 Å². The van der Waals surface area contributed by atoms with Crippen LogP contribution in [0.25, 0.3) is 32.9 Å². The van der Waals surface area contributed by atoms with E-state index in [0.717, 1.165) is 40.4 Å². The molecule has 5 heterocycles. The highest BCUT2D eigenvalue weighted by Crippen LogP contribution is 2.33. The minimum atomic E-state index is -0.502. The van der Waals surface area contributed by atoms with Crippen LogP contribution in [0.5, 0.6) is 11.6 Å². The number of amides is 1. The molecule has 5 aromatic rings. The Bertz CT molecular complexity index is 1960. The van der Waals surface area contributed by atoms with Crippen molar-refractivity contribution in [3.05, 3.63) is 79.0 Å². The first-order valence-corrected chi connectivity index (χ1v) is 15.8. The van der Waals surface area contributed by atoms with Crippen LogP contribution >= 0.6 is 0 Å². The van der Waals surface area contributed by atoms with Crippen molar-refractivity contribution in [2.24, 2.45) is 7.05 Å². The number of benzene rings is 1. The molecule has 1 aliphatic carbocycles. The average molecular weight is 632 g/mol. The summed E-state index contributed by atoms with van der Waals surface area (Å²) in [5.74, 6) is 7.31. The van der Waals surface area contributed by atoms with Gasteiger partial charge in [-0.05, 0) is 62.6 Å². The fourth-order valence-corrected chi connectivity index (χ4v) is 5.76. The summed E-state index contributed by atoms with van der Waals surface area (Å²) in [5, 5.41) is 2.35. The van der Waals surface area contributed by atoms with Crippen molar-refractivity contribution < 1.29 is 23.7 Å². The van der Waals surface area contributed by atoms with Crippen LogP contribution in [-0.4, -0.2) is 74.1 Å². The summed E-state index contributed by atoms with van der Waals surface area (Å²) in [4.78, 5) is 26.9. The largest absolute Gasteiger partial charge is 0.489 e. The van der Waals surface area contributed by atoms with E-state index in [1.807, 2.05) is 63.6 Å². The fourth-order valence-electron chi connectivity index (χ4n) is 5.76. The van der Waals surface area contributed by atoms with E-state index in [-0.39, 0.29) is 31.0 Å². The zero-order chi connectivity index (χ0) is 32.5. The normalized spacial score (nSPS) is 17.8. The zero-order valence-electron chi connectivity index (χ0n) is 27.0. The number of fused-ring (bicyclic) bond motifs is 3. The second-order valence-electron chi connectivity index (χ2n) is 13.0. The Labute approximate surface area is 273 Å². The van der Waals surface area contributed by atoms with Gasteiger partial charge in [-0.1, -0.05) is 18.1 Å². The van der Waals surface area contributed by atoms with Crippen LogP contribution in [0, 0.1) is 11.8 Å². The minimum absolute atomic E-state index is 0.0268. The highest BCUT2D eigenvalue weighted by Gasteiger charge is 2.34. The van der Waals surface area contributed by atoms with Gasteiger partial charge in [0.1, 0.15) is 35.9 Å². The number of nitrogens with zero attached hydrogens (tertiary/aromatic N) is 5. The summed E-state index contributed by atoms with van der Waals surface area (Å²) in [6, 6.07) is 16.2. The maximum atomic E-state index is 12.0. The van der Waals surface area contributed by atoms with Crippen molar-refractivity contribution >= 4 is 27.9 Å². The van der Waals surface area contributed by atoms with E-state index in [2.05, 4.69) is 62.7 Å². The lowest BCUT2D eigenvalue weighted by molar-refractivity contribution is -0.0545. The quantitative estimate of drug-likeness (QED) is 0.197. The third kappa shape index (κ3) is 6.86. The number of ether oxygens (including phenoxy) is 4. The maximum absolute atomic E-state index is 12.0. The Hall–Kier alpha value is -5.14. The summed E-state index contributed by atoms with van der Waals surface area (Å²) in [5.41, 5.74) is 4.61. The lowest BCUT2D eigenvalue weighted by Gasteiger charge is -2.39. The van der Waals surface area contributed by atoms with Gasteiger partial charge < -0.3 is 28.4 Å². The van der Waals surface area contributed by atoms with Gasteiger partial charge in [0.25, 0.3) is 0 Å². The van der Waals surface area contributed by atoms with E-state index in [0.29, 0.717) is 30.4 Å². The predicted octanol–water partition coefficient (Wildman–Crippen LogP) is 6.16. The molecular formula is C37H37N5O5. The van der Waals surface area contributed by atoms with Gasteiger partial charge in [-0.2, -0.15) is 0 Å². The van der Waals surface area contributed by atoms with Crippen LogP contribution in [0.1, 0.15) is 39.3 Å². The molecular weight excluding hydrogens is 594 g/mol. The lowest BCUT2D eigenvalue weighted by atomic mass is 9.92. The third-order valence-electron chi connectivity index (χ3n) is 8.36. The van der Waals surface area contributed by atoms with Crippen LogP contribution in [0.3, 0.4) is 0 Å². The molecule has 1 aromatic carbocycles. The highest BCUT2D eigenvalue weighted by molar-refractivity contribution is 6.08. The second kappa shape index (κ2) is 12.6. The maximum Gasteiger partial charge on any atom is 0.410 e. The number of aromatic nitrogens is 4. The predicted molar refractivity (Wildman–Crippen MR) is 178 cm³/mol. The topological polar surface area (TPSA) is 101 Å². The summed E-state index contributed by atoms with van der Waals surface area (Å²) in [7, 11) is 2.08. The van der Waals surface area contributed by atoms with Crippen molar-refractivity contribution in [3.63, 3.8) is 0 Å². The number of aryl methyl sites for hydroxylation is 1. The highest BCUT2D eigenvalue weighted by atomic mass is 16.6. The van der Waals surface area contributed by atoms with E-state index in [9.17, 15) is 4.79 Å². The molecule has 10 heteroatoms. The van der Waals surface area contributed by atoms with Gasteiger partial charge in [-0.25, -0.2) is 14.8 Å². The second-order valence-corrected chi connectivity index (χ2v) is 13.0. The number of rotatable bonds is 7. The van der Waals surface area contributed by atoms with Crippen molar-refractivity contribution in [1.82, 2.24) is 24.4 Å². The first-order chi connectivity index (χ1) is 22.7. The van der Waals surface area contributed by atoms with E-state index in [1.54, 1.807) is 11.1 Å². The smallest absolute Gasteiger partial charge is 0.410 e. The van der Waals surface area contributed by atoms with Gasteiger partial charge in [0, 0.05) is 66.4 Å². The summed E-state index contributed by atoms with van der Waals surface area (Å²) in [6.45, 7) is 6.85. The molecule has 0 spiro atoms. The third-order valence-corrected chi connectivity index (χ3v) is 8.36. The Morgan fingerprint density at radius 1 is 0.872 bits per heavy atom. The van der Waals surface area contributed by atoms with Gasteiger partial charge in [-0.3, -0.25) is 4.98 Å². The molecule has 0 atom stereocenters. The van der Waals surface area contributed by atoms with Crippen LogP contribution in [0.2, 0.25) is 0 Å². The van der Waals surface area contributed by atoms with Crippen LogP contribution in [-0.2, 0) is 16.5 Å². The van der Waals surface area contributed by atoms with Gasteiger partial charge in [0.15, 0.2) is 0 Å². The molecule has 0 bridgehead atoms. The first-order valence-electron chi connectivity index (χ1n) is 15.8. The molecule has 0 radical (unpaired) electrons. The van der Waals surface area contributed by atoms with Crippen molar-refractivity contribution in [2.45, 2.75) is 57.5 Å². The first kappa shape index (κ1) is 30.5. The summed E-state index contributed by atoms with van der Waals surface area (Å²) >= 11 is 0. The molecule has 10 nitrogen and oxygen atoms in total. The SMILES string of the molecule is Cn1c2ccncc2c2ccc(-c3ccc(O[C@H]4C[C@@H](Oc5ccc(C#CCOC6CN(C(=O)OC(C)(C)C)C6)nc5)C4)nc3)cc21. The fraction of sp³-hybridized carbons (Fsp3) is 0.351. The molecule has 4 aromatic heterocycles. The molecule has 1 saturated carbocycles. The molecule has 0 unspecified atom stereocenters. The molecule has 7 rings (SSSR count). The Morgan fingerprint density at radius 3 is 2.43 bits per heavy atom. The zero-order valence-corrected chi connectivity index (χ0v) is 27.0. The standard InChI is InChI=1S/C37H37N5O5/c1-37(2,3)47-36(43)42-22-30(23-42)44-15-5-6-26-9-10-27(20-39-26)45-28-17-29(18-28)46-35-12-8-25(19-40-35)24-7-11-31-32-21-38-14-13-33(32)41(4)34(31)16-24/h7-14,16,19-21,28-30H,15,17-18,22-23H2,1-4H3/t28-,29+. The number of likely N-dealkylation sites (tertiary alicyclic amines) is 1. The molecule has 240 valence electrons. The molecule has 2 fully saturated rings. The van der Waals surface area contributed by atoms with Gasteiger partial charge in [0.2, 0.25) is 5.88 Å². The summed E-state index contributed by atoms with van der Waals surface area (Å²) in [6.07, 6.45) is 8.65. The van der Waals surface area contributed by atoms with E-state index < -0.39 is 5.60 Å². The molecule has 0 N–H and O–H groups in total. The molecule has 1 aliphatic heterocycles. The number of carbonyl (C=O) groups is 1. The van der Waals surface area contributed by atoms with Crippen LogP contribution in [0.15, 0.2) is 73.3 Å². The van der Waals surface area contributed by atoms with Crippen LogP contribution in [0.4, 0.5) is 4.79 Å². The van der Waals surface area contributed by atoms with Gasteiger partial charge >= 0.3 is 6.09 Å². The number of hydrogen-bond acceptors (Lipinski definition) is 8. The van der Waals surface area contributed by atoms with Crippen LogP contribution < -0.4 is 9.47 Å². The Morgan fingerprint density at radius 2 is 1.68 bits per heavy atom.